The molecule has 0 saturated carbocycles. The van der Waals surface area contributed by atoms with Crippen molar-refractivity contribution in [2.75, 3.05) is 50.8 Å². The number of hydrogen-bond donors (Lipinski definition) is 0. The Morgan fingerprint density at radius 1 is 1.18 bits per heavy atom. The van der Waals surface area contributed by atoms with E-state index in [9.17, 15) is 0 Å². The Morgan fingerprint density at radius 3 is 2.59 bits per heavy atom. The number of rotatable bonds is 3. The van der Waals surface area contributed by atoms with Gasteiger partial charge in [0.2, 0.25) is 0 Å². The van der Waals surface area contributed by atoms with Crippen LogP contribution in [0.15, 0.2) is 12.4 Å². The molecular formula is C16H24N4O2. The van der Waals surface area contributed by atoms with Crippen molar-refractivity contribution in [3.05, 3.63) is 18.1 Å². The first-order valence-electron chi connectivity index (χ1n) is 8.25. The minimum Gasteiger partial charge on any atom is -0.375 e. The summed E-state index contributed by atoms with van der Waals surface area (Å²) in [4.78, 5) is 13.7. The van der Waals surface area contributed by atoms with E-state index in [1.165, 1.54) is 6.42 Å². The van der Waals surface area contributed by atoms with E-state index in [-0.39, 0.29) is 5.60 Å². The number of nitrogens with zero attached hydrogens (tertiary/aromatic N) is 4. The van der Waals surface area contributed by atoms with Crippen LogP contribution in [0.4, 0.5) is 5.82 Å². The lowest BCUT2D eigenvalue weighted by atomic mass is 9.98. The Hall–Kier alpha value is -1.24. The third-order valence-electron chi connectivity index (χ3n) is 5.06. The molecule has 1 aromatic rings. The van der Waals surface area contributed by atoms with Crippen LogP contribution in [0.25, 0.3) is 0 Å². The van der Waals surface area contributed by atoms with Crippen LogP contribution in [0, 0.1) is 6.92 Å². The van der Waals surface area contributed by atoms with Gasteiger partial charge in [-0.15, -0.1) is 0 Å². The smallest absolute Gasteiger partial charge is 0.150 e. The van der Waals surface area contributed by atoms with Gasteiger partial charge < -0.3 is 14.4 Å². The molecule has 1 atom stereocenters. The van der Waals surface area contributed by atoms with E-state index in [1.54, 1.807) is 12.4 Å². The third kappa shape index (κ3) is 2.71. The zero-order chi connectivity index (χ0) is 15.0. The molecule has 6 heteroatoms. The van der Waals surface area contributed by atoms with E-state index < -0.39 is 0 Å². The highest BCUT2D eigenvalue weighted by atomic mass is 16.6. The topological polar surface area (TPSA) is 50.7 Å². The fraction of sp³-hybridized carbons (Fsp3) is 0.750. The van der Waals surface area contributed by atoms with Crippen LogP contribution in [0.3, 0.4) is 0 Å². The molecule has 22 heavy (non-hydrogen) atoms. The SMILES string of the molecule is Cc1nccnc1N1CCN(CC2CCC3(COC3)O2)CC1. The summed E-state index contributed by atoms with van der Waals surface area (Å²) in [5.74, 6) is 1.03. The summed E-state index contributed by atoms with van der Waals surface area (Å²) >= 11 is 0. The van der Waals surface area contributed by atoms with Crippen molar-refractivity contribution in [3.8, 4) is 0 Å². The van der Waals surface area contributed by atoms with Crippen LogP contribution < -0.4 is 4.90 Å². The Labute approximate surface area is 131 Å². The lowest BCUT2D eigenvalue weighted by molar-refractivity contribution is -0.201. The van der Waals surface area contributed by atoms with Crippen LogP contribution in [0.2, 0.25) is 0 Å². The molecule has 3 aliphatic rings. The van der Waals surface area contributed by atoms with E-state index >= 15 is 0 Å². The van der Waals surface area contributed by atoms with Crippen LogP contribution in [0.5, 0.6) is 0 Å². The van der Waals surface area contributed by atoms with Crippen molar-refractivity contribution in [2.24, 2.45) is 0 Å². The molecule has 6 nitrogen and oxygen atoms in total. The number of piperazine rings is 1. The lowest BCUT2D eigenvalue weighted by Crippen LogP contribution is -2.52. The van der Waals surface area contributed by atoms with Gasteiger partial charge in [0.15, 0.2) is 0 Å². The van der Waals surface area contributed by atoms with Gasteiger partial charge in [-0.05, 0) is 19.8 Å². The average Bonchev–Trinajstić information content (AvgIpc) is 2.93. The normalized spacial score (nSPS) is 28.0. The molecule has 3 saturated heterocycles. The molecule has 0 amide bonds. The van der Waals surface area contributed by atoms with Gasteiger partial charge in [-0.1, -0.05) is 0 Å². The van der Waals surface area contributed by atoms with E-state index in [2.05, 4.69) is 19.8 Å². The number of aromatic nitrogens is 2. The van der Waals surface area contributed by atoms with Gasteiger partial charge in [-0.3, -0.25) is 9.88 Å². The van der Waals surface area contributed by atoms with E-state index in [0.717, 1.165) is 63.9 Å². The van der Waals surface area contributed by atoms with Crippen LogP contribution in [-0.2, 0) is 9.47 Å². The first-order chi connectivity index (χ1) is 10.7. The molecule has 0 aromatic carbocycles. The summed E-state index contributed by atoms with van der Waals surface area (Å²) in [6.07, 6.45) is 6.26. The minimum absolute atomic E-state index is 0.0726. The second kappa shape index (κ2) is 5.76. The molecule has 1 spiro atoms. The molecule has 4 heterocycles. The predicted molar refractivity (Wildman–Crippen MR) is 83.1 cm³/mol. The number of ether oxygens (including phenoxy) is 2. The maximum Gasteiger partial charge on any atom is 0.150 e. The van der Waals surface area contributed by atoms with E-state index in [0.29, 0.717) is 6.10 Å². The maximum atomic E-state index is 6.22. The Kier molecular flexibility index (Phi) is 3.76. The lowest BCUT2D eigenvalue weighted by Gasteiger charge is -2.39. The van der Waals surface area contributed by atoms with E-state index in [4.69, 9.17) is 9.47 Å². The van der Waals surface area contributed by atoms with Gasteiger partial charge in [0.1, 0.15) is 11.4 Å². The first-order valence-corrected chi connectivity index (χ1v) is 8.25. The van der Waals surface area contributed by atoms with Gasteiger partial charge in [-0.2, -0.15) is 0 Å². The number of hydrogen-bond acceptors (Lipinski definition) is 6. The monoisotopic (exact) mass is 304 g/mol. The van der Waals surface area contributed by atoms with Crippen LogP contribution in [-0.4, -0.2) is 72.5 Å². The Balaban J connectivity index is 1.28. The molecule has 3 fully saturated rings. The highest BCUT2D eigenvalue weighted by Gasteiger charge is 2.46. The standard InChI is InChI=1S/C16H24N4O2/c1-13-15(18-5-4-17-13)20-8-6-19(7-9-20)10-14-2-3-16(22-14)11-21-12-16/h4-5,14H,2-3,6-12H2,1H3. The molecule has 120 valence electrons. The molecule has 0 radical (unpaired) electrons. The second-order valence-electron chi connectivity index (χ2n) is 6.71. The Morgan fingerprint density at radius 2 is 1.95 bits per heavy atom. The quantitative estimate of drug-likeness (QED) is 0.825. The third-order valence-corrected chi connectivity index (χ3v) is 5.06. The summed E-state index contributed by atoms with van der Waals surface area (Å²) < 4.78 is 11.5. The van der Waals surface area contributed by atoms with Gasteiger partial charge in [0, 0.05) is 45.1 Å². The number of aryl methyl sites for hydroxylation is 1. The molecule has 4 rings (SSSR count). The second-order valence-corrected chi connectivity index (χ2v) is 6.71. The zero-order valence-corrected chi connectivity index (χ0v) is 13.2. The predicted octanol–water partition coefficient (Wildman–Crippen LogP) is 0.855. The number of anilines is 1. The molecular weight excluding hydrogens is 280 g/mol. The summed E-state index contributed by atoms with van der Waals surface area (Å²) in [6.45, 7) is 8.84. The highest BCUT2D eigenvalue weighted by molar-refractivity contribution is 5.42. The summed E-state index contributed by atoms with van der Waals surface area (Å²) in [7, 11) is 0. The molecule has 0 aliphatic carbocycles. The highest BCUT2D eigenvalue weighted by Crippen LogP contribution is 2.36. The van der Waals surface area contributed by atoms with Crippen molar-refractivity contribution >= 4 is 5.82 Å². The van der Waals surface area contributed by atoms with E-state index in [1.807, 2.05) is 6.92 Å². The summed E-state index contributed by atoms with van der Waals surface area (Å²) in [5, 5.41) is 0. The van der Waals surface area contributed by atoms with Gasteiger partial charge in [-0.25, -0.2) is 4.98 Å². The van der Waals surface area contributed by atoms with Crippen LogP contribution >= 0.6 is 0 Å². The first kappa shape index (κ1) is 14.4. The van der Waals surface area contributed by atoms with Gasteiger partial charge in [0.05, 0.1) is 25.0 Å². The van der Waals surface area contributed by atoms with Gasteiger partial charge in [0.25, 0.3) is 0 Å². The van der Waals surface area contributed by atoms with Crippen molar-refractivity contribution in [2.45, 2.75) is 31.5 Å². The zero-order valence-electron chi connectivity index (χ0n) is 13.2. The molecule has 3 aliphatic heterocycles. The molecule has 0 bridgehead atoms. The molecule has 0 N–H and O–H groups in total. The summed E-state index contributed by atoms with van der Waals surface area (Å²) in [6, 6.07) is 0. The Bertz CT molecular complexity index is 527. The van der Waals surface area contributed by atoms with Crippen molar-refractivity contribution < 1.29 is 9.47 Å². The van der Waals surface area contributed by atoms with Crippen molar-refractivity contribution in [1.29, 1.82) is 0 Å². The molecule has 1 aromatic heterocycles. The average molecular weight is 304 g/mol. The summed E-state index contributed by atoms with van der Waals surface area (Å²) in [5.41, 5.74) is 1.09. The van der Waals surface area contributed by atoms with Crippen molar-refractivity contribution in [1.82, 2.24) is 14.9 Å². The fourth-order valence-corrected chi connectivity index (χ4v) is 3.71. The van der Waals surface area contributed by atoms with Gasteiger partial charge >= 0.3 is 0 Å². The molecule has 1 unspecified atom stereocenters. The largest absolute Gasteiger partial charge is 0.375 e. The fourth-order valence-electron chi connectivity index (χ4n) is 3.71. The minimum atomic E-state index is 0.0726. The van der Waals surface area contributed by atoms with Crippen LogP contribution in [0.1, 0.15) is 18.5 Å². The maximum absolute atomic E-state index is 6.22. The van der Waals surface area contributed by atoms with Crippen molar-refractivity contribution in [3.63, 3.8) is 0 Å².